The summed E-state index contributed by atoms with van der Waals surface area (Å²) in [5, 5.41) is 5.45. The molecular formula is C20H12. The molecule has 0 spiro atoms. The van der Waals surface area contributed by atoms with E-state index < -0.39 is 0 Å². The van der Waals surface area contributed by atoms with Crippen molar-refractivity contribution in [3.8, 4) is 22.3 Å². The first kappa shape index (κ1) is 10.2. The van der Waals surface area contributed by atoms with Crippen LogP contribution in [0.5, 0.6) is 0 Å². The first-order valence-electron chi connectivity index (χ1n) is 6.98. The van der Waals surface area contributed by atoms with Crippen LogP contribution in [0.3, 0.4) is 0 Å². The van der Waals surface area contributed by atoms with Gasteiger partial charge in [0.25, 0.3) is 0 Å². The van der Waals surface area contributed by atoms with E-state index in [2.05, 4.69) is 72.8 Å². The molecule has 0 unspecified atom stereocenters. The van der Waals surface area contributed by atoms with Gasteiger partial charge in [0.1, 0.15) is 0 Å². The lowest BCUT2D eigenvalue weighted by molar-refractivity contribution is 1.70. The quantitative estimate of drug-likeness (QED) is 0.315. The molecular weight excluding hydrogens is 246 g/mol. The third-order valence-corrected chi connectivity index (χ3v) is 4.39. The summed E-state index contributed by atoms with van der Waals surface area (Å²) in [6, 6.07) is 26.4. The molecule has 0 heteroatoms. The van der Waals surface area contributed by atoms with Gasteiger partial charge in [0.15, 0.2) is 0 Å². The second kappa shape index (κ2) is 3.49. The number of fused-ring (bicyclic) bond motifs is 5. The van der Waals surface area contributed by atoms with E-state index in [-0.39, 0.29) is 0 Å². The van der Waals surface area contributed by atoms with Crippen LogP contribution < -0.4 is 0 Å². The third-order valence-electron chi connectivity index (χ3n) is 4.39. The summed E-state index contributed by atoms with van der Waals surface area (Å²) in [4.78, 5) is 0. The Hall–Kier alpha value is -2.60. The van der Waals surface area contributed by atoms with E-state index >= 15 is 0 Å². The molecule has 0 bridgehead atoms. The minimum atomic E-state index is 1.32. The fourth-order valence-electron chi connectivity index (χ4n) is 3.55. The number of hydrogen-bond acceptors (Lipinski definition) is 0. The number of hydrogen-bond donors (Lipinski definition) is 0. The molecule has 0 N–H and O–H groups in total. The molecule has 0 aromatic heterocycles. The normalized spacial score (nSPS) is 12.0. The van der Waals surface area contributed by atoms with Crippen molar-refractivity contribution in [1.82, 2.24) is 0 Å². The van der Waals surface area contributed by atoms with Gasteiger partial charge in [-0.1, -0.05) is 66.7 Å². The summed E-state index contributed by atoms with van der Waals surface area (Å²) < 4.78 is 0. The Kier molecular flexibility index (Phi) is 1.78. The highest BCUT2D eigenvalue weighted by atomic mass is 14.8. The van der Waals surface area contributed by atoms with Crippen LogP contribution in [-0.4, -0.2) is 0 Å². The van der Waals surface area contributed by atoms with Gasteiger partial charge in [-0.2, -0.15) is 0 Å². The Morgan fingerprint density at radius 3 is 2.00 bits per heavy atom. The zero-order chi connectivity index (χ0) is 13.1. The first-order valence-corrected chi connectivity index (χ1v) is 6.98. The topological polar surface area (TPSA) is 0 Å². The van der Waals surface area contributed by atoms with Crippen LogP contribution in [0.2, 0.25) is 0 Å². The van der Waals surface area contributed by atoms with Gasteiger partial charge in [0.2, 0.25) is 0 Å². The van der Waals surface area contributed by atoms with E-state index in [1.807, 2.05) is 0 Å². The first-order chi connectivity index (χ1) is 9.93. The Bertz CT molecular complexity index is 993. The minimum absolute atomic E-state index is 1.32. The van der Waals surface area contributed by atoms with Crippen LogP contribution in [0.25, 0.3) is 43.8 Å². The Morgan fingerprint density at radius 2 is 1.10 bits per heavy atom. The molecule has 0 aliphatic heterocycles. The maximum atomic E-state index is 2.34. The second-order valence-corrected chi connectivity index (χ2v) is 5.42. The SMILES string of the molecule is c1ccc2c(c1)-c1cccc3c1c-2c[13c]1[13cH][13cH][13cH][13cH][13c]31. The Morgan fingerprint density at radius 1 is 0.450 bits per heavy atom. The minimum Gasteiger partial charge on any atom is -0.0616 e. The average Bonchev–Trinajstić information content (AvgIpc) is 2.84. The molecule has 0 radical (unpaired) electrons. The van der Waals surface area contributed by atoms with Crippen LogP contribution >= 0.6 is 0 Å². The largest absolute Gasteiger partial charge is 0.0616 e. The summed E-state index contributed by atoms with van der Waals surface area (Å²) in [6.07, 6.45) is 0. The maximum Gasteiger partial charge on any atom is -0.00199 e. The van der Waals surface area contributed by atoms with Gasteiger partial charge >= 0.3 is 0 Å². The number of rotatable bonds is 0. The predicted octanol–water partition coefficient (Wildman–Crippen LogP) is 5.64. The highest BCUT2D eigenvalue weighted by Gasteiger charge is 2.21. The van der Waals surface area contributed by atoms with E-state index in [0.717, 1.165) is 0 Å². The third kappa shape index (κ3) is 1.12. The van der Waals surface area contributed by atoms with E-state index in [9.17, 15) is 0 Å². The monoisotopic (exact) mass is 258 g/mol. The average molecular weight is 258 g/mol. The van der Waals surface area contributed by atoms with E-state index in [4.69, 9.17) is 0 Å². The maximum absolute atomic E-state index is 2.34. The van der Waals surface area contributed by atoms with Crippen molar-refractivity contribution in [3.63, 3.8) is 0 Å². The van der Waals surface area contributed by atoms with Crippen molar-refractivity contribution < 1.29 is 0 Å². The summed E-state index contributed by atoms with van der Waals surface area (Å²) in [7, 11) is 0. The molecule has 0 atom stereocenters. The second-order valence-electron chi connectivity index (χ2n) is 5.42. The lowest BCUT2D eigenvalue weighted by Gasteiger charge is -2.07. The molecule has 0 fully saturated rings. The van der Waals surface area contributed by atoms with Gasteiger partial charge in [-0.15, -0.1) is 0 Å². The van der Waals surface area contributed by atoms with E-state index in [0.29, 0.717) is 0 Å². The molecule has 92 valence electrons. The standard InChI is InChI=1S/C20H12/c1-2-7-14-13(6-1)12-19-16-9-4-3-8-15(16)18-11-5-10-17(14)20(18)19/h1-12H/i1+1,2+1,6+1,7+1,13+1,14+1. The van der Waals surface area contributed by atoms with Gasteiger partial charge in [-0.05, 0) is 49.9 Å². The van der Waals surface area contributed by atoms with Crippen LogP contribution in [-0.2, 0) is 0 Å². The van der Waals surface area contributed by atoms with Crippen LogP contribution in [0, 0.1) is 0 Å². The Balaban J connectivity index is 2.12. The molecule has 0 saturated carbocycles. The van der Waals surface area contributed by atoms with Crippen LogP contribution in [0.15, 0.2) is 72.8 Å². The van der Waals surface area contributed by atoms with Gasteiger partial charge < -0.3 is 0 Å². The van der Waals surface area contributed by atoms with E-state index in [1.54, 1.807) is 0 Å². The predicted molar refractivity (Wildman–Crippen MR) is 85.9 cm³/mol. The smallest absolute Gasteiger partial charge is 0.00199 e. The van der Waals surface area contributed by atoms with Gasteiger partial charge in [0, 0.05) is 0 Å². The van der Waals surface area contributed by atoms with Crippen LogP contribution in [0.1, 0.15) is 0 Å². The van der Waals surface area contributed by atoms with Crippen molar-refractivity contribution in [2.75, 3.05) is 0 Å². The fraction of sp³-hybridized carbons (Fsp3) is 0. The van der Waals surface area contributed by atoms with Crippen molar-refractivity contribution in [1.29, 1.82) is 0 Å². The van der Waals surface area contributed by atoms with Crippen molar-refractivity contribution in [2.45, 2.75) is 0 Å². The molecule has 5 rings (SSSR count). The molecule has 1 aliphatic carbocycles. The van der Waals surface area contributed by atoms with Gasteiger partial charge in [-0.3, -0.25) is 0 Å². The van der Waals surface area contributed by atoms with Crippen molar-refractivity contribution in [3.05, 3.63) is 72.8 Å². The zero-order valence-electron chi connectivity index (χ0n) is 10.9. The highest BCUT2D eigenvalue weighted by Crippen LogP contribution is 2.48. The lowest BCUT2D eigenvalue weighted by atomic mass is 10.1. The molecule has 1 aliphatic rings. The Labute approximate surface area is 117 Å². The molecule has 4 aromatic carbocycles. The van der Waals surface area contributed by atoms with Crippen LogP contribution in [0.4, 0.5) is 0 Å². The molecule has 0 amide bonds. The molecule has 20 heavy (non-hydrogen) atoms. The zero-order valence-corrected chi connectivity index (χ0v) is 10.9. The van der Waals surface area contributed by atoms with E-state index in [1.165, 1.54) is 43.8 Å². The van der Waals surface area contributed by atoms with Crippen molar-refractivity contribution >= 4 is 21.5 Å². The summed E-state index contributed by atoms with van der Waals surface area (Å²) in [6.45, 7) is 0. The summed E-state index contributed by atoms with van der Waals surface area (Å²) in [5.41, 5.74) is 5.48. The molecule has 0 nitrogen and oxygen atoms in total. The van der Waals surface area contributed by atoms with Crippen molar-refractivity contribution in [2.24, 2.45) is 0 Å². The fourth-order valence-corrected chi connectivity index (χ4v) is 3.55. The lowest BCUT2D eigenvalue weighted by Crippen LogP contribution is -1.79. The highest BCUT2D eigenvalue weighted by molar-refractivity contribution is 6.23. The molecule has 4 aromatic rings. The summed E-state index contributed by atoms with van der Waals surface area (Å²) in [5.74, 6) is 0. The van der Waals surface area contributed by atoms with Gasteiger partial charge in [-0.25, -0.2) is 0 Å². The number of benzene rings is 4. The summed E-state index contributed by atoms with van der Waals surface area (Å²) >= 11 is 0. The molecule has 0 heterocycles. The van der Waals surface area contributed by atoms with Gasteiger partial charge in [0.05, 0.1) is 0 Å². The molecule has 0 saturated heterocycles.